The maximum atomic E-state index is 13.0. The maximum Gasteiger partial charge on any atom is 0.408 e. The van der Waals surface area contributed by atoms with E-state index in [9.17, 15) is 18.0 Å². The van der Waals surface area contributed by atoms with Crippen molar-refractivity contribution in [1.29, 1.82) is 0 Å². The number of amides is 1. The van der Waals surface area contributed by atoms with Gasteiger partial charge in [-0.15, -0.1) is 0 Å². The van der Waals surface area contributed by atoms with Crippen molar-refractivity contribution in [3.63, 3.8) is 0 Å². The Morgan fingerprint density at radius 3 is 2.71 bits per heavy atom. The zero-order chi connectivity index (χ0) is 20.5. The Balaban J connectivity index is 1.86. The number of carbonyl (C=O) groups excluding carboxylic acids is 1. The first-order chi connectivity index (χ1) is 13.2. The SMILES string of the molecule is Cc1cccc(CC(=O)N2CCOC[C@@H]2c2c(C)nn(CC(F)(F)F)c2C)c1. The summed E-state index contributed by atoms with van der Waals surface area (Å²) in [5.74, 6) is -0.0683. The lowest BCUT2D eigenvalue weighted by Crippen LogP contribution is -2.44. The molecule has 3 rings (SSSR count). The van der Waals surface area contributed by atoms with Crippen molar-refractivity contribution in [2.75, 3.05) is 19.8 Å². The Kier molecular flexibility index (Phi) is 5.79. The molecule has 1 aliphatic rings. The summed E-state index contributed by atoms with van der Waals surface area (Å²) in [5.41, 5.74) is 3.53. The molecule has 1 aromatic heterocycles. The van der Waals surface area contributed by atoms with E-state index < -0.39 is 18.8 Å². The molecular formula is C20H24F3N3O2. The lowest BCUT2D eigenvalue weighted by molar-refractivity contribution is -0.143. The summed E-state index contributed by atoms with van der Waals surface area (Å²) in [5, 5.41) is 4.06. The molecule has 0 spiro atoms. The van der Waals surface area contributed by atoms with Crippen LogP contribution in [0.15, 0.2) is 24.3 Å². The van der Waals surface area contributed by atoms with E-state index in [1.54, 1.807) is 18.7 Å². The molecule has 0 radical (unpaired) electrons. The lowest BCUT2D eigenvalue weighted by Gasteiger charge is -2.36. The molecule has 1 amide bonds. The van der Waals surface area contributed by atoms with Crippen molar-refractivity contribution in [1.82, 2.24) is 14.7 Å². The molecule has 1 atom stereocenters. The van der Waals surface area contributed by atoms with Crippen LogP contribution in [-0.4, -0.2) is 46.5 Å². The molecule has 28 heavy (non-hydrogen) atoms. The summed E-state index contributed by atoms with van der Waals surface area (Å²) in [4.78, 5) is 14.7. The maximum absolute atomic E-state index is 13.0. The molecule has 0 N–H and O–H groups in total. The zero-order valence-electron chi connectivity index (χ0n) is 16.2. The number of rotatable bonds is 4. The van der Waals surface area contributed by atoms with Crippen molar-refractivity contribution >= 4 is 5.91 Å². The third-order valence-corrected chi connectivity index (χ3v) is 4.99. The second-order valence-electron chi connectivity index (χ2n) is 7.20. The number of carbonyl (C=O) groups is 1. The Morgan fingerprint density at radius 2 is 2.04 bits per heavy atom. The summed E-state index contributed by atoms with van der Waals surface area (Å²) in [6.45, 7) is 5.16. The van der Waals surface area contributed by atoms with Gasteiger partial charge >= 0.3 is 6.18 Å². The van der Waals surface area contributed by atoms with Crippen molar-refractivity contribution in [3.05, 3.63) is 52.3 Å². The molecule has 2 aromatic rings. The molecule has 0 bridgehead atoms. The summed E-state index contributed by atoms with van der Waals surface area (Å²) in [6.07, 6.45) is -4.11. The van der Waals surface area contributed by atoms with Crippen LogP contribution in [0.3, 0.4) is 0 Å². The van der Waals surface area contributed by atoms with E-state index in [4.69, 9.17) is 4.74 Å². The third kappa shape index (κ3) is 4.55. The van der Waals surface area contributed by atoms with Gasteiger partial charge in [-0.3, -0.25) is 9.48 Å². The molecule has 5 nitrogen and oxygen atoms in total. The molecular weight excluding hydrogens is 371 g/mol. The number of morpholine rings is 1. The van der Waals surface area contributed by atoms with Crippen LogP contribution in [0.4, 0.5) is 13.2 Å². The largest absolute Gasteiger partial charge is 0.408 e. The number of nitrogens with zero attached hydrogens (tertiary/aromatic N) is 3. The number of ether oxygens (including phenoxy) is 1. The van der Waals surface area contributed by atoms with Gasteiger partial charge in [0.1, 0.15) is 6.54 Å². The highest BCUT2D eigenvalue weighted by molar-refractivity contribution is 5.79. The van der Waals surface area contributed by atoms with Crippen molar-refractivity contribution in [2.45, 2.75) is 46.0 Å². The fourth-order valence-electron chi connectivity index (χ4n) is 3.76. The van der Waals surface area contributed by atoms with Crippen LogP contribution in [0, 0.1) is 20.8 Å². The van der Waals surface area contributed by atoms with Crippen LogP contribution in [0.25, 0.3) is 0 Å². The number of aryl methyl sites for hydroxylation is 2. The number of aromatic nitrogens is 2. The lowest BCUT2D eigenvalue weighted by atomic mass is 10.0. The molecule has 0 unspecified atom stereocenters. The molecule has 1 saturated heterocycles. The van der Waals surface area contributed by atoms with Gasteiger partial charge in [-0.2, -0.15) is 18.3 Å². The van der Waals surface area contributed by atoms with Crippen LogP contribution in [0.1, 0.15) is 34.1 Å². The van der Waals surface area contributed by atoms with Gasteiger partial charge in [0.15, 0.2) is 0 Å². The van der Waals surface area contributed by atoms with Gasteiger partial charge in [-0.25, -0.2) is 0 Å². The van der Waals surface area contributed by atoms with E-state index in [-0.39, 0.29) is 18.9 Å². The fraction of sp³-hybridized carbons (Fsp3) is 0.500. The molecule has 2 heterocycles. The highest BCUT2D eigenvalue weighted by atomic mass is 19.4. The standard InChI is InChI=1S/C20H24F3N3O2/c1-13-5-4-6-16(9-13)10-18(27)25-7-8-28-11-17(25)19-14(2)24-26(15(19)3)12-20(21,22)23/h4-6,9,17H,7-8,10-12H2,1-3H3/t17-/m1/s1. The first kappa shape index (κ1) is 20.4. The highest BCUT2D eigenvalue weighted by Crippen LogP contribution is 2.31. The minimum absolute atomic E-state index is 0.0683. The molecule has 8 heteroatoms. The summed E-state index contributed by atoms with van der Waals surface area (Å²) >= 11 is 0. The summed E-state index contributed by atoms with van der Waals surface area (Å²) in [6, 6.07) is 7.30. The number of hydrogen-bond acceptors (Lipinski definition) is 3. The van der Waals surface area contributed by atoms with Gasteiger partial charge in [0.05, 0.1) is 31.4 Å². The van der Waals surface area contributed by atoms with E-state index >= 15 is 0 Å². The average Bonchev–Trinajstić information content (AvgIpc) is 2.86. The van der Waals surface area contributed by atoms with Gasteiger partial charge < -0.3 is 9.64 Å². The van der Waals surface area contributed by atoms with E-state index in [1.807, 2.05) is 31.2 Å². The summed E-state index contributed by atoms with van der Waals surface area (Å²) < 4.78 is 45.0. The van der Waals surface area contributed by atoms with Crippen molar-refractivity contribution in [3.8, 4) is 0 Å². The van der Waals surface area contributed by atoms with Gasteiger partial charge in [0.25, 0.3) is 0 Å². The monoisotopic (exact) mass is 395 g/mol. The summed E-state index contributed by atoms with van der Waals surface area (Å²) in [7, 11) is 0. The van der Waals surface area contributed by atoms with Gasteiger partial charge in [-0.1, -0.05) is 29.8 Å². The topological polar surface area (TPSA) is 47.4 Å². The number of benzene rings is 1. The minimum Gasteiger partial charge on any atom is -0.377 e. The first-order valence-corrected chi connectivity index (χ1v) is 9.19. The van der Waals surface area contributed by atoms with E-state index in [0.29, 0.717) is 30.1 Å². The van der Waals surface area contributed by atoms with Crippen LogP contribution < -0.4 is 0 Å². The van der Waals surface area contributed by atoms with Gasteiger partial charge in [0.2, 0.25) is 5.91 Å². The Hall–Kier alpha value is -2.35. The molecule has 1 aromatic carbocycles. The Bertz CT molecular complexity index is 861. The van der Waals surface area contributed by atoms with Crippen LogP contribution in [-0.2, 0) is 22.5 Å². The molecule has 0 aliphatic carbocycles. The second kappa shape index (κ2) is 7.95. The third-order valence-electron chi connectivity index (χ3n) is 4.99. The Labute approximate surface area is 162 Å². The fourth-order valence-corrected chi connectivity index (χ4v) is 3.76. The number of alkyl halides is 3. The van der Waals surface area contributed by atoms with Crippen LogP contribution >= 0.6 is 0 Å². The number of halogens is 3. The second-order valence-corrected chi connectivity index (χ2v) is 7.20. The number of hydrogen-bond donors (Lipinski definition) is 0. The smallest absolute Gasteiger partial charge is 0.377 e. The molecule has 1 aliphatic heterocycles. The first-order valence-electron chi connectivity index (χ1n) is 9.19. The molecule has 0 saturated carbocycles. The quantitative estimate of drug-likeness (QED) is 0.796. The predicted octanol–water partition coefficient (Wildman–Crippen LogP) is 3.51. The van der Waals surface area contributed by atoms with Crippen molar-refractivity contribution < 1.29 is 22.7 Å². The van der Waals surface area contributed by atoms with E-state index in [1.165, 1.54) is 0 Å². The van der Waals surface area contributed by atoms with Crippen LogP contribution in [0.5, 0.6) is 0 Å². The predicted molar refractivity (Wildman–Crippen MR) is 97.9 cm³/mol. The average molecular weight is 395 g/mol. The normalized spacial score (nSPS) is 17.8. The highest BCUT2D eigenvalue weighted by Gasteiger charge is 2.35. The van der Waals surface area contributed by atoms with Crippen molar-refractivity contribution in [2.24, 2.45) is 0 Å². The molecule has 152 valence electrons. The molecule has 1 fully saturated rings. The Morgan fingerprint density at radius 1 is 1.29 bits per heavy atom. The minimum atomic E-state index is -4.36. The van der Waals surface area contributed by atoms with Gasteiger partial charge in [0, 0.05) is 17.8 Å². The van der Waals surface area contributed by atoms with Gasteiger partial charge in [-0.05, 0) is 26.3 Å². The van der Waals surface area contributed by atoms with E-state index in [0.717, 1.165) is 15.8 Å². The van der Waals surface area contributed by atoms with Crippen LogP contribution in [0.2, 0.25) is 0 Å². The zero-order valence-corrected chi connectivity index (χ0v) is 16.2. The van der Waals surface area contributed by atoms with E-state index in [2.05, 4.69) is 5.10 Å².